The lowest BCUT2D eigenvalue weighted by molar-refractivity contribution is 0.0585. The summed E-state index contributed by atoms with van der Waals surface area (Å²) in [5.41, 5.74) is 1.23. The molecule has 82 valence electrons. The van der Waals surface area contributed by atoms with Gasteiger partial charge in [0, 0.05) is 19.6 Å². The second-order valence-corrected chi connectivity index (χ2v) is 3.96. The topological polar surface area (TPSA) is 41.5 Å². The zero-order valence-corrected chi connectivity index (χ0v) is 8.94. The molecule has 1 fully saturated rings. The maximum absolute atomic E-state index is 9.23. The van der Waals surface area contributed by atoms with Crippen molar-refractivity contribution in [2.24, 2.45) is 0 Å². The number of benzene rings is 1. The molecule has 0 bridgehead atoms. The number of piperidine rings is 1. The van der Waals surface area contributed by atoms with Crippen LogP contribution in [-0.2, 0) is 4.74 Å². The van der Waals surface area contributed by atoms with E-state index in [0.717, 1.165) is 19.5 Å². The SMILES string of the molecule is COC1CCNCC1c1ccc(O)cc1. The average molecular weight is 207 g/mol. The normalized spacial score (nSPS) is 26.5. The Balaban J connectivity index is 2.16. The average Bonchev–Trinajstić information content (AvgIpc) is 2.30. The zero-order chi connectivity index (χ0) is 10.7. The first-order valence-electron chi connectivity index (χ1n) is 5.33. The van der Waals surface area contributed by atoms with Crippen molar-refractivity contribution in [1.29, 1.82) is 0 Å². The van der Waals surface area contributed by atoms with E-state index >= 15 is 0 Å². The molecule has 0 aliphatic carbocycles. The van der Waals surface area contributed by atoms with Crippen molar-refractivity contribution in [3.8, 4) is 5.75 Å². The number of methoxy groups -OCH3 is 1. The summed E-state index contributed by atoms with van der Waals surface area (Å²) in [5.74, 6) is 0.709. The number of hydrogen-bond acceptors (Lipinski definition) is 3. The molecule has 2 rings (SSSR count). The highest BCUT2D eigenvalue weighted by molar-refractivity contribution is 5.29. The van der Waals surface area contributed by atoms with Crippen LogP contribution in [0, 0.1) is 0 Å². The molecule has 0 saturated carbocycles. The Bertz CT molecular complexity index is 310. The molecule has 3 nitrogen and oxygen atoms in total. The van der Waals surface area contributed by atoms with E-state index in [-0.39, 0.29) is 6.10 Å². The van der Waals surface area contributed by atoms with Crippen LogP contribution >= 0.6 is 0 Å². The molecule has 1 aliphatic heterocycles. The molecule has 0 aromatic heterocycles. The van der Waals surface area contributed by atoms with Gasteiger partial charge in [-0.2, -0.15) is 0 Å². The maximum Gasteiger partial charge on any atom is 0.115 e. The third kappa shape index (κ3) is 2.30. The van der Waals surface area contributed by atoms with Gasteiger partial charge in [0.2, 0.25) is 0 Å². The molecule has 3 heteroatoms. The van der Waals surface area contributed by atoms with Gasteiger partial charge in [-0.3, -0.25) is 0 Å². The minimum Gasteiger partial charge on any atom is -0.508 e. The molecule has 0 amide bonds. The van der Waals surface area contributed by atoms with Crippen LogP contribution in [0.2, 0.25) is 0 Å². The van der Waals surface area contributed by atoms with Crippen LogP contribution in [0.5, 0.6) is 5.75 Å². The first-order chi connectivity index (χ1) is 7.31. The Labute approximate surface area is 90.1 Å². The van der Waals surface area contributed by atoms with Gasteiger partial charge < -0.3 is 15.2 Å². The fourth-order valence-electron chi connectivity index (χ4n) is 2.17. The molecular weight excluding hydrogens is 190 g/mol. The summed E-state index contributed by atoms with van der Waals surface area (Å²) in [6.45, 7) is 1.97. The summed E-state index contributed by atoms with van der Waals surface area (Å²) >= 11 is 0. The Kier molecular flexibility index (Phi) is 3.23. The number of phenols is 1. The van der Waals surface area contributed by atoms with Gasteiger partial charge in [0.1, 0.15) is 5.75 Å². The second kappa shape index (κ2) is 4.64. The third-order valence-corrected chi connectivity index (χ3v) is 3.04. The van der Waals surface area contributed by atoms with Crippen molar-refractivity contribution in [1.82, 2.24) is 5.32 Å². The van der Waals surface area contributed by atoms with E-state index in [1.165, 1.54) is 5.56 Å². The maximum atomic E-state index is 9.23. The van der Waals surface area contributed by atoms with Crippen LogP contribution in [0.1, 0.15) is 17.9 Å². The Morgan fingerprint density at radius 3 is 2.73 bits per heavy atom. The molecule has 1 aromatic carbocycles. The summed E-state index contributed by atoms with van der Waals surface area (Å²) < 4.78 is 5.49. The summed E-state index contributed by atoms with van der Waals surface area (Å²) in [6.07, 6.45) is 1.33. The van der Waals surface area contributed by atoms with Crippen molar-refractivity contribution in [3.05, 3.63) is 29.8 Å². The van der Waals surface area contributed by atoms with Crippen molar-refractivity contribution < 1.29 is 9.84 Å². The number of ether oxygens (including phenoxy) is 1. The number of nitrogens with one attached hydrogen (secondary N) is 1. The van der Waals surface area contributed by atoms with Crippen molar-refractivity contribution in [2.75, 3.05) is 20.2 Å². The van der Waals surface area contributed by atoms with Crippen molar-refractivity contribution in [2.45, 2.75) is 18.4 Å². The van der Waals surface area contributed by atoms with E-state index in [4.69, 9.17) is 4.74 Å². The van der Waals surface area contributed by atoms with Gasteiger partial charge in [-0.1, -0.05) is 12.1 Å². The Morgan fingerprint density at radius 1 is 1.33 bits per heavy atom. The highest BCUT2D eigenvalue weighted by atomic mass is 16.5. The molecule has 1 heterocycles. The standard InChI is InChI=1S/C12H17NO2/c1-15-12-6-7-13-8-11(12)9-2-4-10(14)5-3-9/h2-5,11-14H,6-8H2,1H3. The van der Waals surface area contributed by atoms with Crippen LogP contribution in [0.4, 0.5) is 0 Å². The van der Waals surface area contributed by atoms with E-state index in [1.807, 2.05) is 12.1 Å². The first kappa shape index (κ1) is 10.5. The summed E-state index contributed by atoms with van der Waals surface area (Å²) in [5, 5.41) is 12.6. The summed E-state index contributed by atoms with van der Waals surface area (Å²) in [4.78, 5) is 0. The molecule has 2 N–H and O–H groups in total. The predicted octanol–water partition coefficient (Wildman–Crippen LogP) is 1.48. The highest BCUT2D eigenvalue weighted by Crippen LogP contribution is 2.26. The van der Waals surface area contributed by atoms with Gasteiger partial charge in [-0.15, -0.1) is 0 Å². The number of phenolic OH excluding ortho intramolecular Hbond substituents is 1. The van der Waals surface area contributed by atoms with Crippen LogP contribution in [0.15, 0.2) is 24.3 Å². The Morgan fingerprint density at radius 2 is 2.07 bits per heavy atom. The first-order valence-corrected chi connectivity index (χ1v) is 5.33. The van der Waals surface area contributed by atoms with E-state index < -0.39 is 0 Å². The molecular formula is C12H17NO2. The Hall–Kier alpha value is -1.06. The van der Waals surface area contributed by atoms with E-state index in [2.05, 4.69) is 5.32 Å². The summed E-state index contributed by atoms with van der Waals surface area (Å²) in [7, 11) is 1.77. The minimum absolute atomic E-state index is 0.288. The number of rotatable bonds is 2. The van der Waals surface area contributed by atoms with Crippen LogP contribution in [-0.4, -0.2) is 31.4 Å². The molecule has 1 aromatic rings. The fraction of sp³-hybridized carbons (Fsp3) is 0.500. The molecule has 0 radical (unpaired) electrons. The lowest BCUT2D eigenvalue weighted by Gasteiger charge is -2.31. The minimum atomic E-state index is 0.288. The highest BCUT2D eigenvalue weighted by Gasteiger charge is 2.25. The molecule has 2 atom stereocenters. The van der Waals surface area contributed by atoms with Crippen LogP contribution < -0.4 is 5.32 Å². The molecule has 15 heavy (non-hydrogen) atoms. The smallest absolute Gasteiger partial charge is 0.115 e. The van der Waals surface area contributed by atoms with E-state index in [1.54, 1.807) is 19.2 Å². The van der Waals surface area contributed by atoms with Gasteiger partial charge >= 0.3 is 0 Å². The van der Waals surface area contributed by atoms with Gasteiger partial charge in [-0.25, -0.2) is 0 Å². The fourth-order valence-corrected chi connectivity index (χ4v) is 2.17. The molecule has 0 spiro atoms. The zero-order valence-electron chi connectivity index (χ0n) is 8.94. The van der Waals surface area contributed by atoms with Crippen LogP contribution in [0.3, 0.4) is 0 Å². The predicted molar refractivity (Wildman–Crippen MR) is 59.1 cm³/mol. The van der Waals surface area contributed by atoms with Gasteiger partial charge in [0.25, 0.3) is 0 Å². The monoisotopic (exact) mass is 207 g/mol. The largest absolute Gasteiger partial charge is 0.508 e. The van der Waals surface area contributed by atoms with Crippen molar-refractivity contribution in [3.63, 3.8) is 0 Å². The van der Waals surface area contributed by atoms with Crippen molar-refractivity contribution >= 4 is 0 Å². The lowest BCUT2D eigenvalue weighted by atomic mass is 9.89. The van der Waals surface area contributed by atoms with E-state index in [9.17, 15) is 5.11 Å². The lowest BCUT2D eigenvalue weighted by Crippen LogP contribution is -2.39. The third-order valence-electron chi connectivity index (χ3n) is 3.04. The molecule has 1 aliphatic rings. The molecule has 2 unspecified atom stereocenters. The second-order valence-electron chi connectivity index (χ2n) is 3.96. The summed E-state index contributed by atoms with van der Waals surface area (Å²) in [6, 6.07) is 7.41. The van der Waals surface area contributed by atoms with Crippen LogP contribution in [0.25, 0.3) is 0 Å². The number of aromatic hydroxyl groups is 1. The van der Waals surface area contributed by atoms with Gasteiger partial charge in [-0.05, 0) is 30.7 Å². The van der Waals surface area contributed by atoms with E-state index in [0.29, 0.717) is 11.7 Å². The van der Waals surface area contributed by atoms with Gasteiger partial charge in [0.15, 0.2) is 0 Å². The van der Waals surface area contributed by atoms with Gasteiger partial charge in [0.05, 0.1) is 6.10 Å². The number of hydrogen-bond donors (Lipinski definition) is 2. The quantitative estimate of drug-likeness (QED) is 0.772. The molecule has 1 saturated heterocycles.